The number of carbonyl (C=O) groups is 3. The van der Waals surface area contributed by atoms with E-state index in [4.69, 9.17) is 9.47 Å². The first kappa shape index (κ1) is 18.9. The molecule has 2 N–H and O–H groups in total. The van der Waals surface area contributed by atoms with Gasteiger partial charge in [-0.05, 0) is 48.8 Å². The highest BCUT2D eigenvalue weighted by Gasteiger charge is 2.32. The molecule has 0 bridgehead atoms. The topological polar surface area (TPSA) is 102 Å². The fraction of sp³-hybridized carbons (Fsp3) is 0.316. The lowest BCUT2D eigenvalue weighted by Gasteiger charge is -2.09. The molecule has 0 radical (unpaired) electrons. The van der Waals surface area contributed by atoms with Crippen LogP contribution in [0.15, 0.2) is 29.6 Å². The van der Waals surface area contributed by atoms with Gasteiger partial charge in [-0.25, -0.2) is 9.59 Å². The van der Waals surface area contributed by atoms with E-state index >= 15 is 0 Å². The Balaban J connectivity index is 1.65. The Labute approximate surface area is 159 Å². The van der Waals surface area contributed by atoms with Crippen LogP contribution < -0.4 is 5.32 Å². The van der Waals surface area contributed by atoms with Crippen LogP contribution in [0.4, 0.5) is 5.00 Å². The third-order valence-electron chi connectivity index (χ3n) is 4.03. The van der Waals surface area contributed by atoms with Crippen molar-refractivity contribution in [3.8, 4) is 5.75 Å². The Hall–Kier alpha value is -2.87. The van der Waals surface area contributed by atoms with Crippen molar-refractivity contribution >= 4 is 34.2 Å². The fourth-order valence-electron chi connectivity index (χ4n) is 2.59. The molecule has 27 heavy (non-hydrogen) atoms. The van der Waals surface area contributed by atoms with Crippen LogP contribution in [0.1, 0.15) is 52.0 Å². The number of hydrogen-bond acceptors (Lipinski definition) is 7. The summed E-state index contributed by atoms with van der Waals surface area (Å²) in [5.41, 5.74) is 1.24. The van der Waals surface area contributed by atoms with E-state index in [1.54, 1.807) is 19.1 Å². The van der Waals surface area contributed by atoms with E-state index in [-0.39, 0.29) is 17.9 Å². The Kier molecular flexibility index (Phi) is 5.75. The maximum atomic E-state index is 12.3. The Bertz CT molecular complexity index is 871. The molecule has 1 heterocycles. The highest BCUT2D eigenvalue weighted by molar-refractivity contribution is 7.15. The van der Waals surface area contributed by atoms with Crippen LogP contribution in [0.3, 0.4) is 0 Å². The van der Waals surface area contributed by atoms with Crippen LogP contribution in [-0.2, 0) is 14.3 Å². The standard InChI is InChI=1S/C19H19NO6S/c1-2-25-19(24)16-13(11-7-8-11)10-27-17(16)20-15(22)9-26-18(23)12-5-3-4-6-14(12)21/h3-6,10-11,21H,2,7-9H2,1H3,(H,20,22). The van der Waals surface area contributed by atoms with Crippen LogP contribution in [0.5, 0.6) is 5.75 Å². The molecule has 1 fully saturated rings. The van der Waals surface area contributed by atoms with Crippen molar-refractivity contribution < 1.29 is 29.0 Å². The maximum absolute atomic E-state index is 12.3. The van der Waals surface area contributed by atoms with Crippen LogP contribution in [-0.4, -0.2) is 36.2 Å². The quantitative estimate of drug-likeness (QED) is 0.705. The van der Waals surface area contributed by atoms with Crippen molar-refractivity contribution in [2.24, 2.45) is 0 Å². The van der Waals surface area contributed by atoms with E-state index in [2.05, 4.69) is 5.32 Å². The molecule has 2 aromatic rings. The number of hydrogen-bond donors (Lipinski definition) is 2. The summed E-state index contributed by atoms with van der Waals surface area (Å²) >= 11 is 1.25. The molecule has 0 spiro atoms. The van der Waals surface area contributed by atoms with Crippen LogP contribution in [0.2, 0.25) is 0 Å². The van der Waals surface area contributed by atoms with Gasteiger partial charge in [-0.1, -0.05) is 12.1 Å². The average molecular weight is 389 g/mol. The summed E-state index contributed by atoms with van der Waals surface area (Å²) in [7, 11) is 0. The molecule has 1 saturated carbocycles. The number of carbonyl (C=O) groups excluding carboxylic acids is 3. The monoisotopic (exact) mass is 389 g/mol. The molecule has 0 aliphatic heterocycles. The molecule has 7 nitrogen and oxygen atoms in total. The summed E-state index contributed by atoms with van der Waals surface area (Å²) in [5, 5.41) is 14.5. The normalized spacial score (nSPS) is 13.1. The lowest BCUT2D eigenvalue weighted by atomic mass is 10.1. The highest BCUT2D eigenvalue weighted by atomic mass is 32.1. The van der Waals surface area contributed by atoms with Gasteiger partial charge in [0.25, 0.3) is 5.91 Å². The first-order valence-electron chi connectivity index (χ1n) is 8.54. The zero-order valence-corrected chi connectivity index (χ0v) is 15.5. The zero-order chi connectivity index (χ0) is 19.4. The molecule has 3 rings (SSSR count). The van der Waals surface area contributed by atoms with E-state index in [1.165, 1.54) is 23.5 Å². The maximum Gasteiger partial charge on any atom is 0.342 e. The zero-order valence-electron chi connectivity index (χ0n) is 14.7. The third kappa shape index (κ3) is 4.46. The largest absolute Gasteiger partial charge is 0.507 e. The number of phenols is 1. The van der Waals surface area contributed by atoms with Gasteiger partial charge >= 0.3 is 11.9 Å². The number of rotatable bonds is 7. The molecule has 1 aromatic carbocycles. The minimum Gasteiger partial charge on any atom is -0.507 e. The van der Waals surface area contributed by atoms with Gasteiger partial charge in [0.15, 0.2) is 6.61 Å². The summed E-state index contributed by atoms with van der Waals surface area (Å²) in [6, 6.07) is 5.90. The van der Waals surface area contributed by atoms with Crippen LogP contribution in [0, 0.1) is 0 Å². The summed E-state index contributed by atoms with van der Waals surface area (Å²) in [4.78, 5) is 36.4. The van der Waals surface area contributed by atoms with Gasteiger partial charge in [-0.3, -0.25) is 4.79 Å². The predicted octanol–water partition coefficient (Wildman–Crippen LogP) is 3.30. The average Bonchev–Trinajstić information content (AvgIpc) is 3.41. The molecule has 1 aliphatic rings. The second-order valence-electron chi connectivity index (χ2n) is 6.03. The number of benzene rings is 1. The molecule has 0 unspecified atom stereocenters. The first-order valence-corrected chi connectivity index (χ1v) is 9.42. The molecule has 0 atom stereocenters. The SMILES string of the molecule is CCOC(=O)c1c(C2CC2)csc1NC(=O)COC(=O)c1ccccc1O. The van der Waals surface area contributed by atoms with Crippen molar-refractivity contribution in [3.63, 3.8) is 0 Å². The number of nitrogens with one attached hydrogen (secondary N) is 1. The third-order valence-corrected chi connectivity index (χ3v) is 4.94. The van der Waals surface area contributed by atoms with E-state index in [1.807, 2.05) is 5.38 Å². The number of esters is 2. The lowest BCUT2D eigenvalue weighted by Crippen LogP contribution is -2.22. The number of amides is 1. The summed E-state index contributed by atoms with van der Waals surface area (Å²) < 4.78 is 10.0. The van der Waals surface area contributed by atoms with Crippen LogP contribution in [0.25, 0.3) is 0 Å². The van der Waals surface area contributed by atoms with Gasteiger partial charge in [0, 0.05) is 0 Å². The number of aromatic hydroxyl groups is 1. The number of para-hydroxylation sites is 1. The minimum atomic E-state index is -0.807. The van der Waals surface area contributed by atoms with Crippen molar-refractivity contribution in [2.45, 2.75) is 25.7 Å². The fourth-order valence-corrected chi connectivity index (χ4v) is 3.64. The highest BCUT2D eigenvalue weighted by Crippen LogP contribution is 2.46. The van der Waals surface area contributed by atoms with Gasteiger partial charge < -0.3 is 19.9 Å². The summed E-state index contributed by atoms with van der Waals surface area (Å²) in [5.74, 6) is -1.75. The van der Waals surface area contributed by atoms with Gasteiger partial charge in [-0.15, -0.1) is 11.3 Å². The van der Waals surface area contributed by atoms with Crippen molar-refractivity contribution in [3.05, 3.63) is 46.3 Å². The second-order valence-corrected chi connectivity index (χ2v) is 6.91. The van der Waals surface area contributed by atoms with Gasteiger partial charge in [0.1, 0.15) is 16.3 Å². The Morgan fingerprint density at radius 3 is 2.59 bits per heavy atom. The molecule has 142 valence electrons. The lowest BCUT2D eigenvalue weighted by molar-refractivity contribution is -0.119. The van der Waals surface area contributed by atoms with Gasteiger partial charge in [-0.2, -0.15) is 0 Å². The number of anilines is 1. The van der Waals surface area contributed by atoms with E-state index in [9.17, 15) is 19.5 Å². The second kappa shape index (κ2) is 8.22. The Morgan fingerprint density at radius 1 is 1.19 bits per heavy atom. The van der Waals surface area contributed by atoms with E-state index in [0.717, 1.165) is 18.4 Å². The van der Waals surface area contributed by atoms with Crippen molar-refractivity contribution in [1.82, 2.24) is 0 Å². The molecule has 0 saturated heterocycles. The van der Waals surface area contributed by atoms with Crippen LogP contribution >= 0.6 is 11.3 Å². The summed E-state index contributed by atoms with van der Waals surface area (Å²) in [6.45, 7) is 1.42. The molecular weight excluding hydrogens is 370 g/mol. The van der Waals surface area contributed by atoms with E-state index in [0.29, 0.717) is 16.5 Å². The minimum absolute atomic E-state index is 0.0235. The van der Waals surface area contributed by atoms with Crippen molar-refractivity contribution in [2.75, 3.05) is 18.5 Å². The van der Waals surface area contributed by atoms with E-state index < -0.39 is 24.5 Å². The smallest absolute Gasteiger partial charge is 0.342 e. The number of phenolic OH excluding ortho intramolecular Hbond substituents is 1. The predicted molar refractivity (Wildman–Crippen MR) is 99.3 cm³/mol. The molecule has 1 aromatic heterocycles. The van der Waals surface area contributed by atoms with Gasteiger partial charge in [0.05, 0.1) is 12.2 Å². The number of ether oxygens (including phenoxy) is 2. The first-order chi connectivity index (χ1) is 13.0. The molecule has 1 aliphatic carbocycles. The number of thiophene rings is 1. The molecule has 8 heteroatoms. The molecular formula is C19H19NO6S. The van der Waals surface area contributed by atoms with Crippen molar-refractivity contribution in [1.29, 1.82) is 0 Å². The van der Waals surface area contributed by atoms with Gasteiger partial charge in [0.2, 0.25) is 0 Å². The molecule has 1 amide bonds. The Morgan fingerprint density at radius 2 is 1.93 bits per heavy atom. The summed E-state index contributed by atoms with van der Waals surface area (Å²) in [6.07, 6.45) is 2.02.